The predicted octanol–water partition coefficient (Wildman–Crippen LogP) is 3.68. The van der Waals surface area contributed by atoms with Gasteiger partial charge in [0, 0.05) is 42.4 Å². The minimum atomic E-state index is -0.659. The number of rotatable bonds is 12. The van der Waals surface area contributed by atoms with Gasteiger partial charge in [0.1, 0.15) is 6.04 Å². The van der Waals surface area contributed by atoms with Gasteiger partial charge in [0.05, 0.1) is 23.2 Å². The molecule has 5 atom stereocenters. The number of esters is 1. The Labute approximate surface area is 224 Å². The number of fused-ring (bicyclic) bond motifs is 1. The van der Waals surface area contributed by atoms with Crippen LogP contribution in [0.1, 0.15) is 59.8 Å². The first-order chi connectivity index (χ1) is 17.8. The fraction of sp³-hybridized carbons (Fsp3) is 0.679. The van der Waals surface area contributed by atoms with Gasteiger partial charge < -0.3 is 25.0 Å². The number of benzene rings is 1. The number of hydrogen-bond acceptors (Lipinski definition) is 7. The maximum absolute atomic E-state index is 13.9. The van der Waals surface area contributed by atoms with E-state index in [1.165, 1.54) is 0 Å². The average molecular weight is 532 g/mol. The standard InChI is InChI=1S/C28H41N3O5S/c1-5-30(6-2)20-13-11-19(12-14-20)29-24(33)23-28-16-15-27(4,37-28)22(26(35)36-7-3)21(28)25(34)31(23)17-9-8-10-18-32/h11-14,21-23,32H,5-10,15-18H2,1-4H3,(H,29,33)/t21-,22+,23?,27-,28?/m0/s1. The maximum atomic E-state index is 13.9. The van der Waals surface area contributed by atoms with Gasteiger partial charge in [0.15, 0.2) is 0 Å². The van der Waals surface area contributed by atoms with Crippen LogP contribution in [0, 0.1) is 11.8 Å². The zero-order valence-electron chi connectivity index (χ0n) is 22.5. The molecule has 0 radical (unpaired) electrons. The molecule has 9 heteroatoms. The summed E-state index contributed by atoms with van der Waals surface area (Å²) in [6, 6.07) is 7.16. The number of carbonyl (C=O) groups excluding carboxylic acids is 3. The van der Waals surface area contributed by atoms with Crippen LogP contribution in [0.15, 0.2) is 24.3 Å². The van der Waals surface area contributed by atoms with Gasteiger partial charge >= 0.3 is 5.97 Å². The molecule has 0 saturated carbocycles. The van der Waals surface area contributed by atoms with Crippen molar-refractivity contribution >= 4 is 40.9 Å². The first-order valence-corrected chi connectivity index (χ1v) is 14.5. The van der Waals surface area contributed by atoms with Crippen molar-refractivity contribution in [2.24, 2.45) is 11.8 Å². The van der Waals surface area contributed by atoms with Crippen LogP contribution in [0.5, 0.6) is 0 Å². The van der Waals surface area contributed by atoms with Crippen LogP contribution in [0.4, 0.5) is 11.4 Å². The number of unbranched alkanes of at least 4 members (excludes halogenated alkanes) is 2. The Kier molecular flexibility index (Phi) is 8.43. The Morgan fingerprint density at radius 2 is 1.84 bits per heavy atom. The van der Waals surface area contributed by atoms with Crippen LogP contribution in [-0.2, 0) is 19.1 Å². The third-order valence-corrected chi connectivity index (χ3v) is 10.4. The zero-order valence-corrected chi connectivity index (χ0v) is 23.3. The number of nitrogens with zero attached hydrogens (tertiary/aromatic N) is 2. The predicted molar refractivity (Wildman–Crippen MR) is 147 cm³/mol. The number of carbonyl (C=O) groups is 3. The molecule has 8 nitrogen and oxygen atoms in total. The number of anilines is 2. The van der Waals surface area contributed by atoms with Gasteiger partial charge in [-0.3, -0.25) is 14.4 Å². The van der Waals surface area contributed by atoms with Crippen LogP contribution in [0.3, 0.4) is 0 Å². The molecule has 0 aliphatic carbocycles. The summed E-state index contributed by atoms with van der Waals surface area (Å²) in [6.07, 6.45) is 3.61. The lowest BCUT2D eigenvalue weighted by Gasteiger charge is -2.34. The molecule has 4 rings (SSSR count). The van der Waals surface area contributed by atoms with E-state index in [9.17, 15) is 19.5 Å². The quantitative estimate of drug-likeness (QED) is 0.314. The number of nitrogens with one attached hydrogen (secondary N) is 1. The van der Waals surface area contributed by atoms with E-state index in [-0.39, 0.29) is 31.0 Å². The van der Waals surface area contributed by atoms with Crippen molar-refractivity contribution in [2.75, 3.05) is 43.1 Å². The molecule has 37 heavy (non-hydrogen) atoms. The zero-order chi connectivity index (χ0) is 26.8. The summed E-state index contributed by atoms with van der Waals surface area (Å²) in [6.45, 7) is 10.7. The minimum absolute atomic E-state index is 0.104. The van der Waals surface area contributed by atoms with E-state index < -0.39 is 27.4 Å². The van der Waals surface area contributed by atoms with Crippen molar-refractivity contribution in [1.82, 2.24) is 4.90 Å². The molecule has 3 aliphatic heterocycles. The first-order valence-electron chi connectivity index (χ1n) is 13.7. The second-order valence-corrected chi connectivity index (χ2v) is 12.4. The van der Waals surface area contributed by atoms with Crippen molar-refractivity contribution in [1.29, 1.82) is 0 Å². The summed E-state index contributed by atoms with van der Waals surface area (Å²) in [5.74, 6) is -1.76. The Morgan fingerprint density at radius 1 is 1.14 bits per heavy atom. The minimum Gasteiger partial charge on any atom is -0.466 e. The van der Waals surface area contributed by atoms with Gasteiger partial charge in [-0.25, -0.2) is 0 Å². The van der Waals surface area contributed by atoms with Gasteiger partial charge in [0.25, 0.3) is 0 Å². The highest BCUT2D eigenvalue weighted by molar-refractivity contribution is 8.02. The van der Waals surface area contributed by atoms with E-state index >= 15 is 0 Å². The Morgan fingerprint density at radius 3 is 2.46 bits per heavy atom. The molecule has 1 aromatic rings. The molecular formula is C28H41N3O5S. The largest absolute Gasteiger partial charge is 0.466 e. The Hall–Kier alpha value is -2.26. The van der Waals surface area contributed by atoms with E-state index in [4.69, 9.17) is 4.74 Å². The number of amides is 2. The highest BCUT2D eigenvalue weighted by Gasteiger charge is 2.77. The molecule has 2 unspecified atom stereocenters. The van der Waals surface area contributed by atoms with Gasteiger partial charge in [-0.1, -0.05) is 0 Å². The highest BCUT2D eigenvalue weighted by atomic mass is 32.2. The second-order valence-electron chi connectivity index (χ2n) is 10.5. The molecular weight excluding hydrogens is 490 g/mol. The van der Waals surface area contributed by atoms with E-state index in [1.54, 1.807) is 23.6 Å². The number of thioether (sulfide) groups is 1. The molecule has 3 aliphatic rings. The molecule has 1 aromatic carbocycles. The van der Waals surface area contributed by atoms with Crippen LogP contribution >= 0.6 is 11.8 Å². The average Bonchev–Trinajstić information content (AvgIpc) is 3.44. The van der Waals surface area contributed by atoms with Gasteiger partial charge in [-0.15, -0.1) is 11.8 Å². The monoisotopic (exact) mass is 531 g/mol. The molecule has 2 amide bonds. The molecule has 0 aromatic heterocycles. The number of aliphatic hydroxyl groups is 1. The van der Waals surface area contributed by atoms with Gasteiger partial charge in [-0.2, -0.15) is 0 Å². The topological polar surface area (TPSA) is 99.2 Å². The lowest BCUT2D eigenvalue weighted by atomic mass is 9.66. The van der Waals surface area contributed by atoms with E-state index in [2.05, 4.69) is 24.1 Å². The van der Waals surface area contributed by atoms with Crippen molar-refractivity contribution in [3.05, 3.63) is 24.3 Å². The third-order valence-electron chi connectivity index (χ3n) is 8.39. The molecule has 204 valence electrons. The summed E-state index contributed by atoms with van der Waals surface area (Å²) in [5, 5.41) is 12.3. The van der Waals surface area contributed by atoms with Crippen LogP contribution < -0.4 is 10.2 Å². The lowest BCUT2D eigenvalue weighted by Crippen LogP contribution is -2.51. The van der Waals surface area contributed by atoms with Crippen LogP contribution in [-0.4, -0.2) is 76.2 Å². The smallest absolute Gasteiger partial charge is 0.311 e. The second kappa shape index (κ2) is 11.2. The number of aliphatic hydroxyl groups excluding tert-OH is 1. The lowest BCUT2D eigenvalue weighted by molar-refractivity contribution is -0.155. The van der Waals surface area contributed by atoms with Crippen LogP contribution in [0.2, 0.25) is 0 Å². The molecule has 2 bridgehead atoms. The Balaban J connectivity index is 1.62. The number of likely N-dealkylation sites (tertiary alicyclic amines) is 1. The molecule has 2 N–H and O–H groups in total. The number of ether oxygens (including phenoxy) is 1. The highest BCUT2D eigenvalue weighted by Crippen LogP contribution is 2.71. The van der Waals surface area contributed by atoms with Crippen molar-refractivity contribution in [3.63, 3.8) is 0 Å². The summed E-state index contributed by atoms with van der Waals surface area (Å²) in [4.78, 5) is 44.9. The summed E-state index contributed by atoms with van der Waals surface area (Å²) in [7, 11) is 0. The fourth-order valence-corrected chi connectivity index (χ4v) is 9.03. The van der Waals surface area contributed by atoms with Crippen molar-refractivity contribution < 1.29 is 24.2 Å². The van der Waals surface area contributed by atoms with E-state index in [1.807, 2.05) is 31.2 Å². The van der Waals surface area contributed by atoms with Crippen LogP contribution in [0.25, 0.3) is 0 Å². The van der Waals surface area contributed by atoms with Crippen molar-refractivity contribution in [3.8, 4) is 0 Å². The summed E-state index contributed by atoms with van der Waals surface area (Å²) in [5.41, 5.74) is 1.79. The number of hydrogen-bond donors (Lipinski definition) is 2. The molecule has 1 spiro atoms. The van der Waals surface area contributed by atoms with E-state index in [0.717, 1.165) is 31.6 Å². The third kappa shape index (κ3) is 4.85. The molecule has 3 fully saturated rings. The maximum Gasteiger partial charge on any atom is 0.311 e. The van der Waals surface area contributed by atoms with Gasteiger partial charge in [-0.05, 0) is 84.1 Å². The van der Waals surface area contributed by atoms with Crippen molar-refractivity contribution in [2.45, 2.75) is 75.3 Å². The first kappa shape index (κ1) is 27.8. The van der Waals surface area contributed by atoms with Gasteiger partial charge in [0.2, 0.25) is 11.8 Å². The normalized spacial score (nSPS) is 29.9. The summed E-state index contributed by atoms with van der Waals surface area (Å²) >= 11 is 1.65. The summed E-state index contributed by atoms with van der Waals surface area (Å²) < 4.78 is 4.37. The molecule has 3 saturated heterocycles. The Bertz CT molecular complexity index is 1000. The fourth-order valence-electron chi connectivity index (χ4n) is 6.68. The molecule has 3 heterocycles. The van der Waals surface area contributed by atoms with E-state index in [0.29, 0.717) is 31.5 Å². The SMILES string of the molecule is CCOC(=O)[C@H]1[C@H]2C(=O)N(CCCCCO)C(C(=O)Nc3ccc(N(CC)CC)cc3)C23CC[C@]1(C)S3.